The highest BCUT2D eigenvalue weighted by atomic mass is 19.1. The SMILES string of the molecule is CNc1ccc(C(NC)c2ccccc2F)cc1. The van der Waals surface area contributed by atoms with Gasteiger partial charge in [0.25, 0.3) is 0 Å². The van der Waals surface area contributed by atoms with Crippen molar-refractivity contribution < 1.29 is 4.39 Å². The van der Waals surface area contributed by atoms with E-state index in [9.17, 15) is 4.39 Å². The number of benzene rings is 2. The minimum absolute atomic E-state index is 0.128. The van der Waals surface area contributed by atoms with Crippen molar-refractivity contribution in [3.8, 4) is 0 Å². The molecule has 0 aliphatic rings. The second-order valence-electron chi connectivity index (χ2n) is 4.12. The van der Waals surface area contributed by atoms with Gasteiger partial charge in [0.05, 0.1) is 6.04 Å². The molecule has 0 saturated heterocycles. The van der Waals surface area contributed by atoms with Gasteiger partial charge in [-0.1, -0.05) is 30.3 Å². The average molecular weight is 244 g/mol. The van der Waals surface area contributed by atoms with Crippen molar-refractivity contribution in [2.45, 2.75) is 6.04 Å². The first kappa shape index (κ1) is 12.6. The second-order valence-corrected chi connectivity index (χ2v) is 4.12. The molecule has 2 aromatic carbocycles. The lowest BCUT2D eigenvalue weighted by atomic mass is 9.98. The maximum atomic E-state index is 13.8. The summed E-state index contributed by atoms with van der Waals surface area (Å²) >= 11 is 0. The van der Waals surface area contributed by atoms with Crippen LogP contribution in [0.4, 0.5) is 10.1 Å². The van der Waals surface area contributed by atoms with Crippen LogP contribution in [0.1, 0.15) is 17.2 Å². The maximum Gasteiger partial charge on any atom is 0.128 e. The summed E-state index contributed by atoms with van der Waals surface area (Å²) in [7, 11) is 3.71. The molecule has 0 aliphatic heterocycles. The predicted molar refractivity (Wildman–Crippen MR) is 73.3 cm³/mol. The zero-order valence-corrected chi connectivity index (χ0v) is 10.6. The summed E-state index contributed by atoms with van der Waals surface area (Å²) in [6, 6.07) is 14.7. The van der Waals surface area contributed by atoms with Gasteiger partial charge in [0.2, 0.25) is 0 Å². The van der Waals surface area contributed by atoms with Crippen molar-refractivity contribution in [1.82, 2.24) is 5.32 Å². The number of nitrogens with one attached hydrogen (secondary N) is 2. The fourth-order valence-corrected chi connectivity index (χ4v) is 2.05. The van der Waals surface area contributed by atoms with Crippen molar-refractivity contribution in [2.24, 2.45) is 0 Å². The van der Waals surface area contributed by atoms with Crippen LogP contribution in [0.2, 0.25) is 0 Å². The number of hydrogen-bond donors (Lipinski definition) is 2. The van der Waals surface area contributed by atoms with Crippen LogP contribution in [-0.2, 0) is 0 Å². The van der Waals surface area contributed by atoms with Crippen LogP contribution >= 0.6 is 0 Å². The molecule has 2 N–H and O–H groups in total. The fourth-order valence-electron chi connectivity index (χ4n) is 2.05. The number of hydrogen-bond acceptors (Lipinski definition) is 2. The van der Waals surface area contributed by atoms with Gasteiger partial charge in [0.15, 0.2) is 0 Å². The number of rotatable bonds is 4. The summed E-state index contributed by atoms with van der Waals surface area (Å²) < 4.78 is 13.8. The van der Waals surface area contributed by atoms with Gasteiger partial charge >= 0.3 is 0 Å². The van der Waals surface area contributed by atoms with E-state index in [0.717, 1.165) is 11.3 Å². The zero-order chi connectivity index (χ0) is 13.0. The first-order chi connectivity index (χ1) is 8.76. The van der Waals surface area contributed by atoms with Crippen LogP contribution in [0.5, 0.6) is 0 Å². The molecule has 0 spiro atoms. The predicted octanol–water partition coefficient (Wildman–Crippen LogP) is 3.18. The minimum Gasteiger partial charge on any atom is -0.388 e. The van der Waals surface area contributed by atoms with Crippen LogP contribution in [0.3, 0.4) is 0 Å². The minimum atomic E-state index is -0.186. The Morgan fingerprint density at radius 3 is 2.17 bits per heavy atom. The summed E-state index contributed by atoms with van der Waals surface area (Å²) in [5, 5.41) is 6.22. The van der Waals surface area contributed by atoms with Crippen molar-refractivity contribution in [2.75, 3.05) is 19.4 Å². The highest BCUT2D eigenvalue weighted by molar-refractivity contribution is 5.46. The summed E-state index contributed by atoms with van der Waals surface area (Å²) in [5.74, 6) is -0.186. The first-order valence-electron chi connectivity index (χ1n) is 5.95. The largest absolute Gasteiger partial charge is 0.388 e. The van der Waals surface area contributed by atoms with E-state index in [-0.39, 0.29) is 11.9 Å². The zero-order valence-electron chi connectivity index (χ0n) is 10.6. The molecule has 3 heteroatoms. The third kappa shape index (κ3) is 2.51. The Balaban J connectivity index is 2.36. The van der Waals surface area contributed by atoms with Gasteiger partial charge in [-0.3, -0.25) is 0 Å². The molecular formula is C15H17FN2. The Kier molecular flexibility index (Phi) is 3.95. The Bertz CT molecular complexity index is 508. The van der Waals surface area contributed by atoms with E-state index in [1.54, 1.807) is 6.07 Å². The third-order valence-corrected chi connectivity index (χ3v) is 3.04. The van der Waals surface area contributed by atoms with E-state index >= 15 is 0 Å². The third-order valence-electron chi connectivity index (χ3n) is 3.04. The Morgan fingerprint density at radius 1 is 0.944 bits per heavy atom. The number of anilines is 1. The molecule has 0 saturated carbocycles. The van der Waals surface area contributed by atoms with Gasteiger partial charge in [-0.05, 0) is 30.8 Å². The summed E-state index contributed by atoms with van der Waals surface area (Å²) in [6.07, 6.45) is 0. The van der Waals surface area contributed by atoms with Gasteiger partial charge in [-0.2, -0.15) is 0 Å². The Hall–Kier alpha value is -1.87. The van der Waals surface area contributed by atoms with E-state index in [4.69, 9.17) is 0 Å². The molecule has 0 amide bonds. The van der Waals surface area contributed by atoms with Gasteiger partial charge < -0.3 is 10.6 Å². The Labute approximate surface area is 107 Å². The molecule has 0 fully saturated rings. The van der Waals surface area contributed by atoms with Gasteiger partial charge in [0.1, 0.15) is 5.82 Å². The lowest BCUT2D eigenvalue weighted by molar-refractivity contribution is 0.576. The normalized spacial score (nSPS) is 12.2. The topological polar surface area (TPSA) is 24.1 Å². The molecule has 1 unspecified atom stereocenters. The smallest absolute Gasteiger partial charge is 0.128 e. The summed E-state index contributed by atoms with van der Waals surface area (Å²) in [5.41, 5.74) is 2.75. The Morgan fingerprint density at radius 2 is 1.61 bits per heavy atom. The van der Waals surface area contributed by atoms with E-state index in [0.29, 0.717) is 5.56 Å². The molecule has 0 aliphatic carbocycles. The summed E-state index contributed by atoms with van der Waals surface area (Å²) in [6.45, 7) is 0. The molecule has 94 valence electrons. The highest BCUT2D eigenvalue weighted by Gasteiger charge is 2.15. The standard InChI is InChI=1S/C15H17FN2/c1-17-12-9-7-11(8-10-12)15(18-2)13-5-3-4-6-14(13)16/h3-10,15,17-18H,1-2H3. The van der Waals surface area contributed by atoms with Crippen molar-refractivity contribution in [1.29, 1.82) is 0 Å². The van der Waals surface area contributed by atoms with Crippen LogP contribution in [-0.4, -0.2) is 14.1 Å². The van der Waals surface area contributed by atoms with Crippen molar-refractivity contribution in [3.05, 3.63) is 65.5 Å². The molecule has 0 aromatic heterocycles. The van der Waals surface area contributed by atoms with E-state index < -0.39 is 0 Å². The molecule has 2 rings (SSSR count). The van der Waals surface area contributed by atoms with Gasteiger partial charge in [-0.25, -0.2) is 4.39 Å². The maximum absolute atomic E-state index is 13.8. The fraction of sp³-hybridized carbons (Fsp3) is 0.200. The number of halogens is 1. The monoisotopic (exact) mass is 244 g/mol. The van der Waals surface area contributed by atoms with Gasteiger partial charge in [0, 0.05) is 18.3 Å². The van der Waals surface area contributed by atoms with Crippen LogP contribution in [0, 0.1) is 5.82 Å². The second kappa shape index (κ2) is 5.65. The van der Waals surface area contributed by atoms with Crippen LogP contribution < -0.4 is 10.6 Å². The molecule has 0 bridgehead atoms. The molecule has 2 aromatic rings. The first-order valence-corrected chi connectivity index (χ1v) is 5.95. The molecule has 2 nitrogen and oxygen atoms in total. The highest BCUT2D eigenvalue weighted by Crippen LogP contribution is 2.24. The van der Waals surface area contributed by atoms with E-state index in [2.05, 4.69) is 10.6 Å². The lowest BCUT2D eigenvalue weighted by Crippen LogP contribution is -2.18. The van der Waals surface area contributed by atoms with E-state index in [1.165, 1.54) is 6.07 Å². The van der Waals surface area contributed by atoms with Crippen LogP contribution in [0.25, 0.3) is 0 Å². The molecule has 0 radical (unpaired) electrons. The lowest BCUT2D eigenvalue weighted by Gasteiger charge is -2.18. The van der Waals surface area contributed by atoms with Crippen LogP contribution in [0.15, 0.2) is 48.5 Å². The summed E-state index contributed by atoms with van der Waals surface area (Å²) in [4.78, 5) is 0. The average Bonchev–Trinajstić information content (AvgIpc) is 2.42. The molecular weight excluding hydrogens is 227 g/mol. The molecule has 18 heavy (non-hydrogen) atoms. The quantitative estimate of drug-likeness (QED) is 0.863. The molecule has 0 heterocycles. The molecule has 1 atom stereocenters. The van der Waals surface area contributed by atoms with E-state index in [1.807, 2.05) is 50.5 Å². The van der Waals surface area contributed by atoms with Gasteiger partial charge in [-0.15, -0.1) is 0 Å². The van der Waals surface area contributed by atoms with Crippen molar-refractivity contribution in [3.63, 3.8) is 0 Å². The van der Waals surface area contributed by atoms with Crippen molar-refractivity contribution >= 4 is 5.69 Å².